The molecular weight excluding hydrogens is 188 g/mol. The van der Waals surface area contributed by atoms with Crippen LogP contribution in [0, 0.1) is 0 Å². The van der Waals surface area contributed by atoms with E-state index in [4.69, 9.17) is 4.52 Å². The van der Waals surface area contributed by atoms with E-state index in [9.17, 15) is 0 Å². The van der Waals surface area contributed by atoms with Crippen molar-refractivity contribution in [3.8, 4) is 0 Å². The monoisotopic (exact) mass is 206 g/mol. The molecule has 0 aliphatic heterocycles. The maximum absolute atomic E-state index is 5.41. The molecule has 0 fully saturated rings. The minimum absolute atomic E-state index is 0.0321. The van der Waals surface area contributed by atoms with Crippen LogP contribution in [0.1, 0.15) is 50.6 Å². The summed E-state index contributed by atoms with van der Waals surface area (Å²) >= 11 is 0. The average Bonchev–Trinajstić information content (AvgIpc) is 2.59. The maximum Gasteiger partial charge on any atom is 0.146 e. The van der Waals surface area contributed by atoms with Crippen LogP contribution in [0.15, 0.2) is 9.52 Å². The molecule has 0 spiro atoms. The second kappa shape index (κ2) is 3.47. The molecule has 1 aromatic heterocycles. The van der Waals surface area contributed by atoms with E-state index in [1.165, 1.54) is 5.56 Å². The predicted octanol–water partition coefficient (Wildman–Crippen LogP) is 2.73. The molecule has 1 aromatic rings. The van der Waals surface area contributed by atoms with Crippen LogP contribution in [0.25, 0.3) is 0 Å². The van der Waals surface area contributed by atoms with Crippen LogP contribution < -0.4 is 0 Å². The Kier molecular flexibility index (Phi) is 2.41. The van der Waals surface area contributed by atoms with Gasteiger partial charge in [-0.1, -0.05) is 25.9 Å². The molecule has 0 amide bonds. The highest BCUT2D eigenvalue weighted by molar-refractivity contribution is 6.03. The fraction of sp³-hybridized carbons (Fsp3) is 0.667. The zero-order chi connectivity index (χ0) is 11.1. The van der Waals surface area contributed by atoms with Crippen molar-refractivity contribution in [2.45, 2.75) is 45.4 Å². The van der Waals surface area contributed by atoms with Gasteiger partial charge in [-0.2, -0.15) is 0 Å². The zero-order valence-corrected chi connectivity index (χ0v) is 9.92. The Morgan fingerprint density at radius 3 is 2.60 bits per heavy atom. The Hall–Kier alpha value is -1.12. The van der Waals surface area contributed by atoms with E-state index in [2.05, 4.69) is 30.9 Å². The molecule has 0 aromatic carbocycles. The summed E-state index contributed by atoms with van der Waals surface area (Å²) in [6.45, 7) is 6.48. The van der Waals surface area contributed by atoms with Crippen LogP contribution in [0.3, 0.4) is 0 Å². The number of aromatic nitrogens is 1. The van der Waals surface area contributed by atoms with E-state index < -0.39 is 0 Å². The lowest BCUT2D eigenvalue weighted by molar-refractivity contribution is 0.362. The minimum atomic E-state index is 0.0321. The molecule has 82 valence electrons. The van der Waals surface area contributed by atoms with Gasteiger partial charge in [-0.3, -0.25) is 4.99 Å². The van der Waals surface area contributed by atoms with Gasteiger partial charge in [-0.25, -0.2) is 0 Å². The van der Waals surface area contributed by atoms with Gasteiger partial charge in [0.25, 0.3) is 0 Å². The minimum Gasteiger partial charge on any atom is -0.360 e. The molecule has 0 unspecified atom stereocenters. The third-order valence-electron chi connectivity index (χ3n) is 2.85. The third-order valence-corrected chi connectivity index (χ3v) is 2.85. The van der Waals surface area contributed by atoms with Gasteiger partial charge in [-0.05, 0) is 12.8 Å². The van der Waals surface area contributed by atoms with Crippen LogP contribution in [0.2, 0.25) is 0 Å². The van der Waals surface area contributed by atoms with Crippen LogP contribution in [0.5, 0.6) is 0 Å². The van der Waals surface area contributed by atoms with Crippen molar-refractivity contribution in [3.63, 3.8) is 0 Å². The molecule has 3 heteroatoms. The SMILES string of the molecule is CN=C1CCCc2onc(C(C)(C)C)c21. The van der Waals surface area contributed by atoms with Crippen LogP contribution in [0.4, 0.5) is 0 Å². The summed E-state index contributed by atoms with van der Waals surface area (Å²) in [5.41, 5.74) is 3.42. The second-order valence-corrected chi connectivity index (χ2v) is 5.10. The summed E-state index contributed by atoms with van der Waals surface area (Å²) in [6.07, 6.45) is 3.17. The second-order valence-electron chi connectivity index (χ2n) is 5.10. The van der Waals surface area contributed by atoms with E-state index in [-0.39, 0.29) is 5.41 Å². The Morgan fingerprint density at radius 1 is 1.27 bits per heavy atom. The molecule has 0 radical (unpaired) electrons. The summed E-state index contributed by atoms with van der Waals surface area (Å²) in [4.78, 5) is 4.35. The first-order valence-corrected chi connectivity index (χ1v) is 5.49. The number of nitrogens with zero attached hydrogens (tertiary/aromatic N) is 2. The van der Waals surface area contributed by atoms with Gasteiger partial charge >= 0.3 is 0 Å². The van der Waals surface area contributed by atoms with Crippen molar-refractivity contribution in [2.75, 3.05) is 7.05 Å². The molecule has 3 nitrogen and oxygen atoms in total. The lowest BCUT2D eigenvalue weighted by Gasteiger charge is -2.19. The first-order valence-electron chi connectivity index (χ1n) is 5.49. The molecule has 15 heavy (non-hydrogen) atoms. The van der Waals surface area contributed by atoms with Crippen LogP contribution in [-0.2, 0) is 11.8 Å². The molecule has 2 rings (SSSR count). The lowest BCUT2D eigenvalue weighted by atomic mass is 9.84. The van der Waals surface area contributed by atoms with Gasteiger partial charge in [0.2, 0.25) is 0 Å². The van der Waals surface area contributed by atoms with Gasteiger partial charge in [0.1, 0.15) is 5.76 Å². The fourth-order valence-corrected chi connectivity index (χ4v) is 2.07. The van der Waals surface area contributed by atoms with Gasteiger partial charge in [0, 0.05) is 24.6 Å². The van der Waals surface area contributed by atoms with Crippen molar-refractivity contribution in [1.82, 2.24) is 5.16 Å². The first kappa shape index (κ1) is 10.4. The third kappa shape index (κ3) is 1.71. The molecule has 0 N–H and O–H groups in total. The number of hydrogen-bond donors (Lipinski definition) is 0. The molecular formula is C12H18N2O. The van der Waals surface area contributed by atoms with E-state index >= 15 is 0 Å². The van der Waals surface area contributed by atoms with Gasteiger partial charge in [0.15, 0.2) is 0 Å². The number of fused-ring (bicyclic) bond motifs is 1. The van der Waals surface area contributed by atoms with Crippen LogP contribution in [-0.4, -0.2) is 17.9 Å². The van der Waals surface area contributed by atoms with Crippen molar-refractivity contribution in [1.29, 1.82) is 0 Å². The normalized spacial score (nSPS) is 19.3. The smallest absolute Gasteiger partial charge is 0.146 e. The van der Waals surface area contributed by atoms with Gasteiger partial charge < -0.3 is 4.52 Å². The van der Waals surface area contributed by atoms with E-state index in [1.54, 1.807) is 0 Å². The number of aryl methyl sites for hydroxylation is 1. The predicted molar refractivity (Wildman–Crippen MR) is 60.6 cm³/mol. The highest BCUT2D eigenvalue weighted by Crippen LogP contribution is 2.32. The van der Waals surface area contributed by atoms with E-state index in [0.717, 1.165) is 36.4 Å². The van der Waals surface area contributed by atoms with Crippen molar-refractivity contribution in [3.05, 3.63) is 17.0 Å². The number of rotatable bonds is 0. The van der Waals surface area contributed by atoms with Gasteiger partial charge in [0.05, 0.1) is 11.3 Å². The first-order chi connectivity index (χ1) is 7.04. The quantitative estimate of drug-likeness (QED) is 0.654. The molecule has 0 atom stereocenters. The highest BCUT2D eigenvalue weighted by atomic mass is 16.5. The molecule has 0 saturated carbocycles. The van der Waals surface area contributed by atoms with E-state index in [1.807, 2.05) is 7.05 Å². The molecule has 1 aliphatic rings. The summed E-state index contributed by atoms with van der Waals surface area (Å²) in [5, 5.41) is 4.21. The Balaban J connectivity index is 2.57. The molecule has 0 saturated heterocycles. The van der Waals surface area contributed by atoms with Crippen molar-refractivity contribution in [2.24, 2.45) is 4.99 Å². The highest BCUT2D eigenvalue weighted by Gasteiger charge is 2.30. The maximum atomic E-state index is 5.41. The average molecular weight is 206 g/mol. The van der Waals surface area contributed by atoms with Crippen molar-refractivity contribution < 1.29 is 4.52 Å². The fourth-order valence-electron chi connectivity index (χ4n) is 2.07. The topological polar surface area (TPSA) is 38.4 Å². The Morgan fingerprint density at radius 2 is 2.00 bits per heavy atom. The molecule has 0 bridgehead atoms. The Bertz CT molecular complexity index is 396. The molecule has 1 aliphatic carbocycles. The number of aliphatic imine (C=N–C) groups is 1. The summed E-state index contributed by atoms with van der Waals surface area (Å²) in [6, 6.07) is 0. The zero-order valence-electron chi connectivity index (χ0n) is 9.92. The van der Waals surface area contributed by atoms with E-state index in [0.29, 0.717) is 0 Å². The summed E-state index contributed by atoms with van der Waals surface area (Å²) < 4.78 is 5.41. The van der Waals surface area contributed by atoms with Gasteiger partial charge in [-0.15, -0.1) is 0 Å². The summed E-state index contributed by atoms with van der Waals surface area (Å²) in [5.74, 6) is 1.02. The molecule has 1 heterocycles. The standard InChI is InChI=1S/C12H18N2O/c1-12(2,3)11-10-8(13-4)6-5-7-9(10)15-14-11/h5-7H2,1-4H3. The van der Waals surface area contributed by atoms with Crippen molar-refractivity contribution >= 4 is 5.71 Å². The summed E-state index contributed by atoms with van der Waals surface area (Å²) in [7, 11) is 1.85. The lowest BCUT2D eigenvalue weighted by Crippen LogP contribution is -2.19. The van der Waals surface area contributed by atoms with Crippen LogP contribution >= 0.6 is 0 Å². The Labute approximate surface area is 90.6 Å². The largest absolute Gasteiger partial charge is 0.360 e. The number of hydrogen-bond acceptors (Lipinski definition) is 3.